The second-order valence-electron chi connectivity index (χ2n) is 3.47. The summed E-state index contributed by atoms with van der Waals surface area (Å²) in [7, 11) is 0. The first-order valence-electron chi connectivity index (χ1n) is 4.87. The summed E-state index contributed by atoms with van der Waals surface area (Å²) in [4.78, 5) is 3.90. The molecule has 0 radical (unpaired) electrons. The van der Waals surface area contributed by atoms with E-state index in [2.05, 4.69) is 20.5 Å². The average molecular weight is 232 g/mol. The molecule has 6 N–H and O–H groups in total. The molecule has 0 amide bonds. The summed E-state index contributed by atoms with van der Waals surface area (Å²) < 4.78 is 0. The van der Waals surface area contributed by atoms with Crippen molar-refractivity contribution < 1.29 is 5.11 Å². The SMILES string of the molecule is NC1=CC(N)(N=Nc2ccccc2O)N=CN1. The molecule has 0 bridgehead atoms. The highest BCUT2D eigenvalue weighted by molar-refractivity contribution is 5.60. The van der Waals surface area contributed by atoms with Gasteiger partial charge in [-0.25, -0.2) is 4.99 Å². The highest BCUT2D eigenvalue weighted by Gasteiger charge is 2.22. The third-order valence-corrected chi connectivity index (χ3v) is 2.07. The summed E-state index contributed by atoms with van der Waals surface area (Å²) in [6.07, 6.45) is 2.77. The topological polar surface area (TPSA) is 121 Å². The second kappa shape index (κ2) is 4.22. The first-order chi connectivity index (χ1) is 8.09. The molecule has 1 aliphatic rings. The molecule has 0 saturated heterocycles. The number of phenolic OH excluding ortho intramolecular Hbond substituents is 1. The Morgan fingerprint density at radius 1 is 1.35 bits per heavy atom. The largest absolute Gasteiger partial charge is 0.506 e. The van der Waals surface area contributed by atoms with Gasteiger partial charge in [0, 0.05) is 6.08 Å². The second-order valence-corrected chi connectivity index (χ2v) is 3.47. The number of azo groups is 1. The number of phenols is 1. The molecule has 0 fully saturated rings. The molecule has 1 aliphatic heterocycles. The van der Waals surface area contributed by atoms with Crippen LogP contribution in [-0.4, -0.2) is 17.2 Å². The van der Waals surface area contributed by atoms with E-state index in [0.29, 0.717) is 11.5 Å². The van der Waals surface area contributed by atoms with Crippen LogP contribution in [0.3, 0.4) is 0 Å². The van der Waals surface area contributed by atoms with Crippen molar-refractivity contribution in [3.05, 3.63) is 36.2 Å². The van der Waals surface area contributed by atoms with Crippen LogP contribution in [0.4, 0.5) is 5.69 Å². The Kier molecular flexibility index (Phi) is 2.75. The van der Waals surface area contributed by atoms with E-state index in [1.165, 1.54) is 18.5 Å². The van der Waals surface area contributed by atoms with Gasteiger partial charge in [-0.3, -0.25) is 5.73 Å². The van der Waals surface area contributed by atoms with Crippen molar-refractivity contribution in [3.8, 4) is 5.75 Å². The molecular weight excluding hydrogens is 220 g/mol. The Bertz CT molecular complexity index is 509. The molecule has 0 aromatic heterocycles. The number of benzene rings is 1. The fourth-order valence-corrected chi connectivity index (χ4v) is 1.26. The number of nitrogens with one attached hydrogen (secondary N) is 1. The van der Waals surface area contributed by atoms with Crippen LogP contribution in [-0.2, 0) is 0 Å². The van der Waals surface area contributed by atoms with Gasteiger partial charge in [-0.1, -0.05) is 12.1 Å². The Morgan fingerprint density at radius 2 is 2.12 bits per heavy atom. The van der Waals surface area contributed by atoms with E-state index in [1.54, 1.807) is 18.2 Å². The van der Waals surface area contributed by atoms with Gasteiger partial charge < -0.3 is 16.2 Å². The van der Waals surface area contributed by atoms with Crippen molar-refractivity contribution in [1.82, 2.24) is 5.32 Å². The van der Waals surface area contributed by atoms with Gasteiger partial charge in [0.2, 0.25) is 5.79 Å². The van der Waals surface area contributed by atoms with Crippen LogP contribution in [0, 0.1) is 0 Å². The number of nitrogens with two attached hydrogens (primary N) is 2. The average Bonchev–Trinajstić information content (AvgIpc) is 2.28. The quantitative estimate of drug-likeness (QED) is 0.555. The lowest BCUT2D eigenvalue weighted by Crippen LogP contribution is -2.40. The molecule has 88 valence electrons. The summed E-state index contributed by atoms with van der Waals surface area (Å²) in [6, 6.07) is 6.54. The Hall–Kier alpha value is -2.41. The molecule has 7 nitrogen and oxygen atoms in total. The monoisotopic (exact) mass is 232 g/mol. The van der Waals surface area contributed by atoms with Gasteiger partial charge >= 0.3 is 0 Å². The van der Waals surface area contributed by atoms with Gasteiger partial charge in [0.15, 0.2) is 0 Å². The van der Waals surface area contributed by atoms with E-state index >= 15 is 0 Å². The smallest absolute Gasteiger partial charge is 0.246 e. The lowest BCUT2D eigenvalue weighted by atomic mass is 10.3. The van der Waals surface area contributed by atoms with Crippen molar-refractivity contribution in [1.29, 1.82) is 0 Å². The van der Waals surface area contributed by atoms with Crippen LogP contribution in [0.1, 0.15) is 0 Å². The molecular formula is C10H12N6O. The number of hydrogen-bond donors (Lipinski definition) is 4. The number of nitrogens with zero attached hydrogens (tertiary/aromatic N) is 3. The number of hydrogen-bond acceptors (Lipinski definition) is 7. The molecule has 1 aromatic rings. The Balaban J connectivity index is 2.24. The van der Waals surface area contributed by atoms with E-state index in [-0.39, 0.29) is 5.75 Å². The van der Waals surface area contributed by atoms with E-state index in [9.17, 15) is 5.11 Å². The molecule has 0 spiro atoms. The third kappa shape index (κ3) is 2.58. The van der Waals surface area contributed by atoms with Crippen LogP contribution in [0.15, 0.2) is 51.4 Å². The summed E-state index contributed by atoms with van der Waals surface area (Å²) in [5.41, 5.74) is 11.7. The van der Waals surface area contributed by atoms with Gasteiger partial charge in [0.25, 0.3) is 0 Å². The highest BCUT2D eigenvalue weighted by Crippen LogP contribution is 2.26. The first kappa shape index (κ1) is 11.1. The van der Waals surface area contributed by atoms with Gasteiger partial charge in [-0.15, -0.1) is 10.2 Å². The van der Waals surface area contributed by atoms with Crippen molar-refractivity contribution in [2.45, 2.75) is 5.79 Å². The maximum absolute atomic E-state index is 9.49. The molecule has 1 unspecified atom stereocenters. The van der Waals surface area contributed by atoms with Crippen molar-refractivity contribution in [2.75, 3.05) is 0 Å². The lowest BCUT2D eigenvalue weighted by molar-refractivity contribution is 0.474. The molecule has 0 saturated carbocycles. The summed E-state index contributed by atoms with van der Waals surface area (Å²) in [5.74, 6) is -0.967. The zero-order valence-electron chi connectivity index (χ0n) is 8.91. The molecule has 2 rings (SSSR count). The number of para-hydroxylation sites is 1. The van der Waals surface area contributed by atoms with E-state index < -0.39 is 5.79 Å². The Labute approximate surface area is 97.6 Å². The molecule has 1 heterocycles. The molecule has 1 atom stereocenters. The predicted molar refractivity (Wildman–Crippen MR) is 63.4 cm³/mol. The zero-order chi connectivity index (χ0) is 12.3. The van der Waals surface area contributed by atoms with E-state index in [1.807, 2.05) is 0 Å². The van der Waals surface area contributed by atoms with Gasteiger partial charge in [-0.05, 0) is 12.1 Å². The zero-order valence-corrected chi connectivity index (χ0v) is 8.91. The first-order valence-corrected chi connectivity index (χ1v) is 4.87. The standard InChI is InChI=1S/C10H12N6O/c11-9-5-10(12,14-6-13-9)16-15-7-3-1-2-4-8(7)17/h1-6,17H,11-12H2,(H,13,14). The number of aromatic hydroxyl groups is 1. The number of rotatable bonds is 2. The maximum Gasteiger partial charge on any atom is 0.246 e. The van der Waals surface area contributed by atoms with Gasteiger partial charge in [0.05, 0.1) is 6.34 Å². The summed E-state index contributed by atoms with van der Waals surface area (Å²) >= 11 is 0. The lowest BCUT2D eigenvalue weighted by Gasteiger charge is -2.19. The van der Waals surface area contributed by atoms with E-state index in [0.717, 1.165) is 0 Å². The van der Waals surface area contributed by atoms with Crippen molar-refractivity contribution >= 4 is 12.0 Å². The molecule has 7 heteroatoms. The minimum atomic E-state index is -1.34. The minimum absolute atomic E-state index is 0.0229. The van der Waals surface area contributed by atoms with Gasteiger partial charge in [0.1, 0.15) is 17.3 Å². The fraction of sp³-hybridized carbons (Fsp3) is 0.100. The predicted octanol–water partition coefficient (Wildman–Crippen LogP) is 0.520. The van der Waals surface area contributed by atoms with Crippen LogP contribution < -0.4 is 16.8 Å². The summed E-state index contributed by atoms with van der Waals surface area (Å²) in [6.45, 7) is 0. The molecule has 1 aromatic carbocycles. The Morgan fingerprint density at radius 3 is 2.82 bits per heavy atom. The number of aliphatic imine (C=N–C) groups is 1. The van der Waals surface area contributed by atoms with Crippen molar-refractivity contribution in [2.24, 2.45) is 26.7 Å². The van der Waals surface area contributed by atoms with Crippen LogP contribution in [0.2, 0.25) is 0 Å². The summed E-state index contributed by atoms with van der Waals surface area (Å²) in [5, 5.41) is 19.8. The minimum Gasteiger partial charge on any atom is -0.506 e. The van der Waals surface area contributed by atoms with Crippen LogP contribution in [0.25, 0.3) is 0 Å². The van der Waals surface area contributed by atoms with Gasteiger partial charge in [-0.2, -0.15) is 0 Å². The molecule has 0 aliphatic carbocycles. The normalized spacial score (nSPS) is 23.5. The van der Waals surface area contributed by atoms with Crippen LogP contribution in [0.5, 0.6) is 5.75 Å². The highest BCUT2D eigenvalue weighted by atomic mass is 16.3. The van der Waals surface area contributed by atoms with Crippen molar-refractivity contribution in [3.63, 3.8) is 0 Å². The maximum atomic E-state index is 9.49. The van der Waals surface area contributed by atoms with Crippen LogP contribution >= 0.6 is 0 Å². The van der Waals surface area contributed by atoms with E-state index in [4.69, 9.17) is 11.5 Å². The fourth-order valence-electron chi connectivity index (χ4n) is 1.26. The molecule has 17 heavy (non-hydrogen) atoms. The third-order valence-electron chi connectivity index (χ3n) is 2.07.